The van der Waals surface area contributed by atoms with Crippen LogP contribution in [0.1, 0.15) is 13.3 Å². The van der Waals surface area contributed by atoms with E-state index in [0.717, 1.165) is 6.42 Å². The van der Waals surface area contributed by atoms with Crippen molar-refractivity contribution in [2.75, 3.05) is 19.8 Å². The Bertz CT molecular complexity index is 65.9. The maximum Gasteiger partial charge on any atom is 0.178 e. The second-order valence-corrected chi connectivity index (χ2v) is 1.84. The lowest BCUT2D eigenvalue weighted by molar-refractivity contribution is -0.133. The quantitative estimate of drug-likeness (QED) is 0.441. The van der Waals surface area contributed by atoms with Crippen LogP contribution in [0.25, 0.3) is 0 Å². The van der Waals surface area contributed by atoms with Crippen LogP contribution in [0.15, 0.2) is 0 Å². The fourth-order valence-electron chi connectivity index (χ4n) is 0.527. The van der Waals surface area contributed by atoms with Gasteiger partial charge in [0.05, 0.1) is 6.61 Å². The Kier molecular flexibility index (Phi) is 6.91. The Balaban J connectivity index is 2.97. The average Bonchev–Trinajstić information content (AvgIpc) is 1.89. The summed E-state index contributed by atoms with van der Waals surface area (Å²) in [5, 5.41) is 8.91. The van der Waals surface area contributed by atoms with Crippen LogP contribution in [-0.4, -0.2) is 31.2 Å². The van der Waals surface area contributed by atoms with E-state index >= 15 is 0 Å². The topological polar surface area (TPSA) is 38.7 Å². The van der Waals surface area contributed by atoms with Crippen molar-refractivity contribution in [2.24, 2.45) is 0 Å². The Hall–Kier alpha value is -0.120. The van der Waals surface area contributed by atoms with Gasteiger partial charge in [0.2, 0.25) is 0 Å². The van der Waals surface area contributed by atoms with Gasteiger partial charge in [-0.1, -0.05) is 6.92 Å². The zero-order valence-electron chi connectivity index (χ0n) is 6.38. The van der Waals surface area contributed by atoms with E-state index in [1.54, 1.807) is 0 Å². The van der Waals surface area contributed by atoms with E-state index in [2.05, 4.69) is 6.92 Å². The zero-order chi connectivity index (χ0) is 7.82. The Morgan fingerprint density at radius 2 is 2.30 bits per heavy atom. The average molecular weight is 147 g/mol. The molecule has 0 aliphatic carbocycles. The molecule has 0 bridgehead atoms. The first-order valence-corrected chi connectivity index (χ1v) is 3.48. The van der Waals surface area contributed by atoms with Gasteiger partial charge in [-0.15, -0.1) is 0 Å². The summed E-state index contributed by atoms with van der Waals surface area (Å²) in [7, 11) is 0. The van der Waals surface area contributed by atoms with Crippen molar-refractivity contribution in [2.45, 2.75) is 19.6 Å². The van der Waals surface area contributed by atoms with Crippen LogP contribution < -0.4 is 0 Å². The number of rotatable bonds is 6. The first-order chi connectivity index (χ1) is 4.81. The highest BCUT2D eigenvalue weighted by Gasteiger charge is 2.00. The van der Waals surface area contributed by atoms with Gasteiger partial charge in [-0.3, -0.25) is 0 Å². The maximum absolute atomic E-state index is 8.91. The summed E-state index contributed by atoms with van der Waals surface area (Å²) in [5.41, 5.74) is 0. The van der Waals surface area contributed by atoms with Crippen LogP contribution in [0.5, 0.6) is 0 Å². The van der Waals surface area contributed by atoms with Crippen LogP contribution in [0.4, 0.5) is 0 Å². The first kappa shape index (κ1) is 9.88. The van der Waals surface area contributed by atoms with Gasteiger partial charge >= 0.3 is 0 Å². The van der Waals surface area contributed by atoms with Gasteiger partial charge in [0, 0.05) is 13.2 Å². The molecule has 0 amide bonds. The molecule has 0 aliphatic heterocycles. The minimum atomic E-state index is -0.781. The molecule has 0 saturated heterocycles. The highest BCUT2D eigenvalue weighted by Crippen LogP contribution is 1.88. The van der Waals surface area contributed by atoms with Crippen molar-refractivity contribution in [3.05, 3.63) is 6.92 Å². The van der Waals surface area contributed by atoms with E-state index in [1.807, 2.05) is 6.92 Å². The van der Waals surface area contributed by atoms with Crippen molar-refractivity contribution in [3.8, 4) is 0 Å². The minimum absolute atomic E-state index is 0.239. The fourth-order valence-corrected chi connectivity index (χ4v) is 0.527. The van der Waals surface area contributed by atoms with Gasteiger partial charge in [0.15, 0.2) is 6.29 Å². The number of aliphatic hydroxyl groups excluding tert-OH is 1. The standard InChI is InChI=1S/C7H15O3/c1-3-5-9-6-7(8)10-4-2/h7-8H,1,3-6H2,2H3. The highest BCUT2D eigenvalue weighted by molar-refractivity contribution is 4.39. The molecule has 1 atom stereocenters. The van der Waals surface area contributed by atoms with Gasteiger partial charge in [-0.25, -0.2) is 0 Å². The van der Waals surface area contributed by atoms with E-state index < -0.39 is 6.29 Å². The molecule has 0 aliphatic rings. The molecule has 10 heavy (non-hydrogen) atoms. The third kappa shape index (κ3) is 6.01. The van der Waals surface area contributed by atoms with Gasteiger partial charge in [0.1, 0.15) is 0 Å². The van der Waals surface area contributed by atoms with Gasteiger partial charge in [0.25, 0.3) is 0 Å². The Morgan fingerprint density at radius 3 is 2.80 bits per heavy atom. The van der Waals surface area contributed by atoms with E-state index in [0.29, 0.717) is 13.2 Å². The summed E-state index contributed by atoms with van der Waals surface area (Å²) in [5.74, 6) is 0. The van der Waals surface area contributed by atoms with E-state index in [1.165, 1.54) is 0 Å². The zero-order valence-corrected chi connectivity index (χ0v) is 6.38. The van der Waals surface area contributed by atoms with E-state index in [4.69, 9.17) is 14.6 Å². The van der Waals surface area contributed by atoms with Crippen LogP contribution >= 0.6 is 0 Å². The number of hydrogen-bond donors (Lipinski definition) is 1. The molecule has 0 aromatic heterocycles. The molecule has 3 heteroatoms. The van der Waals surface area contributed by atoms with Crippen molar-refractivity contribution >= 4 is 0 Å². The molecule has 0 rings (SSSR count). The second kappa shape index (κ2) is 6.99. The lowest BCUT2D eigenvalue weighted by Gasteiger charge is -2.09. The normalized spacial score (nSPS) is 13.5. The first-order valence-electron chi connectivity index (χ1n) is 3.48. The van der Waals surface area contributed by atoms with Crippen LogP contribution in [0, 0.1) is 6.92 Å². The number of hydrogen-bond acceptors (Lipinski definition) is 3. The maximum atomic E-state index is 8.91. The molecule has 0 aromatic carbocycles. The molecule has 1 radical (unpaired) electrons. The molecule has 0 aromatic rings. The van der Waals surface area contributed by atoms with Gasteiger partial charge < -0.3 is 14.6 Å². The van der Waals surface area contributed by atoms with Crippen molar-refractivity contribution in [3.63, 3.8) is 0 Å². The van der Waals surface area contributed by atoms with E-state index in [9.17, 15) is 0 Å². The minimum Gasteiger partial charge on any atom is -0.376 e. The molecular weight excluding hydrogens is 132 g/mol. The molecule has 0 fully saturated rings. The third-order valence-corrected chi connectivity index (χ3v) is 0.908. The summed E-state index contributed by atoms with van der Waals surface area (Å²) >= 11 is 0. The van der Waals surface area contributed by atoms with Crippen LogP contribution in [-0.2, 0) is 9.47 Å². The van der Waals surface area contributed by atoms with Gasteiger partial charge in [-0.05, 0) is 13.3 Å². The lowest BCUT2D eigenvalue weighted by Crippen LogP contribution is -2.19. The summed E-state index contributed by atoms with van der Waals surface area (Å²) in [6, 6.07) is 0. The summed E-state index contributed by atoms with van der Waals surface area (Å²) < 4.78 is 9.76. The Morgan fingerprint density at radius 1 is 1.60 bits per heavy atom. The van der Waals surface area contributed by atoms with Gasteiger partial charge in [-0.2, -0.15) is 0 Å². The molecule has 0 saturated carbocycles. The fraction of sp³-hybridized carbons (Fsp3) is 0.857. The Labute approximate surface area is 62.0 Å². The number of aliphatic hydroxyl groups is 1. The lowest BCUT2D eigenvalue weighted by atomic mass is 10.5. The van der Waals surface area contributed by atoms with Crippen LogP contribution in [0.3, 0.4) is 0 Å². The monoisotopic (exact) mass is 147 g/mol. The molecule has 0 heterocycles. The van der Waals surface area contributed by atoms with Crippen molar-refractivity contribution < 1.29 is 14.6 Å². The molecular formula is C7H15O3. The molecule has 3 nitrogen and oxygen atoms in total. The molecule has 1 N–H and O–H groups in total. The molecule has 0 spiro atoms. The van der Waals surface area contributed by atoms with Crippen molar-refractivity contribution in [1.82, 2.24) is 0 Å². The van der Waals surface area contributed by atoms with Crippen molar-refractivity contribution in [1.29, 1.82) is 0 Å². The third-order valence-electron chi connectivity index (χ3n) is 0.908. The smallest absolute Gasteiger partial charge is 0.178 e. The SMILES string of the molecule is [CH2]CCOCC(O)OCC. The largest absolute Gasteiger partial charge is 0.376 e. The van der Waals surface area contributed by atoms with E-state index in [-0.39, 0.29) is 6.61 Å². The highest BCUT2D eigenvalue weighted by atomic mass is 16.6. The second-order valence-electron chi connectivity index (χ2n) is 1.84. The molecule has 61 valence electrons. The molecule has 1 unspecified atom stereocenters. The summed E-state index contributed by atoms with van der Waals surface area (Å²) in [6.07, 6.45) is -0.0599. The predicted molar refractivity (Wildman–Crippen MR) is 38.4 cm³/mol. The predicted octanol–water partition coefficient (Wildman–Crippen LogP) is 0.582. The van der Waals surface area contributed by atoms with Crippen LogP contribution in [0.2, 0.25) is 0 Å². The summed E-state index contributed by atoms with van der Waals surface area (Å²) in [6.45, 7) is 6.73. The summed E-state index contributed by atoms with van der Waals surface area (Å²) in [4.78, 5) is 0. The number of ether oxygens (including phenoxy) is 2.